The van der Waals surface area contributed by atoms with Crippen LogP contribution in [0.2, 0.25) is 5.02 Å². The molecule has 4 nitrogen and oxygen atoms in total. The first-order chi connectivity index (χ1) is 14.9. The Kier molecular flexibility index (Phi) is 9.00. The van der Waals surface area contributed by atoms with Crippen molar-refractivity contribution < 1.29 is 9.53 Å². The van der Waals surface area contributed by atoms with Crippen LogP contribution in [0, 0.1) is 22.0 Å². The second-order valence-electron chi connectivity index (χ2n) is 6.36. The normalized spacial score (nSPS) is 11.0. The van der Waals surface area contributed by atoms with E-state index in [9.17, 15) is 10.1 Å². The number of hydrogen-bond donors (Lipinski definition) is 1. The van der Waals surface area contributed by atoms with Crippen LogP contribution in [0.25, 0.3) is 6.08 Å². The van der Waals surface area contributed by atoms with E-state index in [0.717, 1.165) is 27.6 Å². The van der Waals surface area contributed by atoms with E-state index < -0.39 is 5.91 Å². The molecule has 3 aromatic carbocycles. The van der Waals surface area contributed by atoms with Gasteiger partial charge in [0.25, 0.3) is 5.91 Å². The number of rotatable bonds is 6. The van der Waals surface area contributed by atoms with E-state index in [1.165, 1.54) is 0 Å². The standard InChI is InChI=1S/C23H14ClI3N2O2/c24-17-6-4-14(5-7-17)13-31-22-20(26)9-15(10-21(22)27)8-16(12-28)23(30)29-19-3-1-2-18(25)11-19/h1-11H,13H2,(H,29,30)/b16-8+. The maximum absolute atomic E-state index is 12.5. The van der Waals surface area contributed by atoms with Crippen molar-refractivity contribution >= 4 is 97.0 Å². The van der Waals surface area contributed by atoms with Crippen molar-refractivity contribution in [2.75, 3.05) is 5.32 Å². The Bertz CT molecular complexity index is 1170. The van der Waals surface area contributed by atoms with E-state index in [1.54, 1.807) is 12.1 Å². The third kappa shape index (κ3) is 7.06. The smallest absolute Gasteiger partial charge is 0.266 e. The van der Waals surface area contributed by atoms with Gasteiger partial charge in [0.2, 0.25) is 0 Å². The molecule has 3 rings (SSSR count). The van der Waals surface area contributed by atoms with Gasteiger partial charge in [0, 0.05) is 14.3 Å². The maximum atomic E-state index is 12.5. The van der Waals surface area contributed by atoms with Crippen LogP contribution in [0.5, 0.6) is 5.75 Å². The number of nitrogens with zero attached hydrogens (tertiary/aromatic N) is 1. The highest BCUT2D eigenvalue weighted by Crippen LogP contribution is 2.30. The molecule has 0 radical (unpaired) electrons. The lowest BCUT2D eigenvalue weighted by molar-refractivity contribution is -0.112. The number of nitrogens with one attached hydrogen (secondary N) is 1. The summed E-state index contributed by atoms with van der Waals surface area (Å²) in [5.41, 5.74) is 2.44. The van der Waals surface area contributed by atoms with Gasteiger partial charge in [-0.25, -0.2) is 0 Å². The molecule has 0 unspecified atom stereocenters. The first kappa shape index (κ1) is 24.3. The molecule has 0 atom stereocenters. The number of benzene rings is 3. The minimum atomic E-state index is -0.447. The lowest BCUT2D eigenvalue weighted by Crippen LogP contribution is -2.13. The summed E-state index contributed by atoms with van der Waals surface area (Å²) in [7, 11) is 0. The predicted octanol–water partition coefficient (Wildman–Crippen LogP) is 7.28. The van der Waals surface area contributed by atoms with Gasteiger partial charge in [-0.15, -0.1) is 0 Å². The summed E-state index contributed by atoms with van der Waals surface area (Å²) in [5, 5.41) is 12.9. The average Bonchev–Trinajstić information content (AvgIpc) is 2.72. The van der Waals surface area contributed by atoms with Crippen LogP contribution in [-0.4, -0.2) is 5.91 Å². The third-order valence-corrected chi connectivity index (χ3v) is 6.60. The molecule has 8 heteroatoms. The zero-order valence-electron chi connectivity index (χ0n) is 15.8. The van der Waals surface area contributed by atoms with Crippen molar-refractivity contribution in [3.8, 4) is 11.8 Å². The van der Waals surface area contributed by atoms with Gasteiger partial charge in [-0.05, 0) is 127 Å². The molecule has 0 heterocycles. The van der Waals surface area contributed by atoms with Gasteiger partial charge in [0.05, 0.1) is 7.14 Å². The number of amides is 1. The molecule has 0 aliphatic heterocycles. The zero-order chi connectivity index (χ0) is 22.4. The minimum absolute atomic E-state index is 0.0280. The van der Waals surface area contributed by atoms with E-state index >= 15 is 0 Å². The lowest BCUT2D eigenvalue weighted by Gasteiger charge is -2.12. The highest BCUT2D eigenvalue weighted by Gasteiger charge is 2.13. The molecule has 0 aliphatic carbocycles. The van der Waals surface area contributed by atoms with Gasteiger partial charge in [-0.3, -0.25) is 4.79 Å². The molecule has 1 amide bonds. The molecule has 156 valence electrons. The Balaban J connectivity index is 1.76. The maximum Gasteiger partial charge on any atom is 0.266 e. The largest absolute Gasteiger partial charge is 0.487 e. The monoisotopic (exact) mass is 766 g/mol. The van der Waals surface area contributed by atoms with Crippen molar-refractivity contribution in [1.29, 1.82) is 5.26 Å². The Morgan fingerprint density at radius 1 is 1.06 bits per heavy atom. The van der Waals surface area contributed by atoms with Crippen LogP contribution in [0.1, 0.15) is 11.1 Å². The number of anilines is 1. The summed E-state index contributed by atoms with van der Waals surface area (Å²) in [5.74, 6) is 0.313. The SMILES string of the molecule is N#C/C(=C\c1cc(I)c(OCc2ccc(Cl)cc2)c(I)c1)C(=O)Nc1cccc(I)c1. The van der Waals surface area contributed by atoms with E-state index in [2.05, 4.69) is 73.1 Å². The second-order valence-corrected chi connectivity index (χ2v) is 10.4. The zero-order valence-corrected chi connectivity index (χ0v) is 23.1. The van der Waals surface area contributed by atoms with Crippen LogP contribution in [0.3, 0.4) is 0 Å². The lowest BCUT2D eigenvalue weighted by atomic mass is 10.1. The van der Waals surface area contributed by atoms with Crippen molar-refractivity contribution in [3.63, 3.8) is 0 Å². The van der Waals surface area contributed by atoms with Gasteiger partial charge in [0.1, 0.15) is 24.0 Å². The quantitative estimate of drug-likeness (QED) is 0.163. The summed E-state index contributed by atoms with van der Waals surface area (Å²) < 4.78 is 8.77. The fourth-order valence-corrected chi connectivity index (χ4v) is 5.41. The molecule has 1 N–H and O–H groups in total. The van der Waals surface area contributed by atoms with E-state index in [4.69, 9.17) is 16.3 Å². The van der Waals surface area contributed by atoms with Crippen LogP contribution < -0.4 is 10.1 Å². The first-order valence-electron chi connectivity index (χ1n) is 8.90. The van der Waals surface area contributed by atoms with Crippen LogP contribution in [-0.2, 0) is 11.4 Å². The van der Waals surface area contributed by atoms with Crippen LogP contribution in [0.4, 0.5) is 5.69 Å². The summed E-state index contributed by atoms with van der Waals surface area (Å²) in [6.45, 7) is 0.417. The Hall–Kier alpha value is -1.36. The fraction of sp³-hybridized carbons (Fsp3) is 0.0435. The molecule has 0 saturated heterocycles. The summed E-state index contributed by atoms with van der Waals surface area (Å²) in [4.78, 5) is 12.5. The van der Waals surface area contributed by atoms with Crippen LogP contribution in [0.15, 0.2) is 66.2 Å². The van der Waals surface area contributed by atoms with Crippen molar-refractivity contribution in [2.24, 2.45) is 0 Å². The van der Waals surface area contributed by atoms with Gasteiger partial charge in [0.15, 0.2) is 0 Å². The molecule has 31 heavy (non-hydrogen) atoms. The molecular formula is C23H14ClI3N2O2. The fourth-order valence-electron chi connectivity index (χ4n) is 2.62. The molecule has 0 aliphatic rings. The number of nitriles is 1. The average molecular weight is 767 g/mol. The van der Waals surface area contributed by atoms with Crippen molar-refractivity contribution in [3.05, 3.63) is 93.1 Å². The number of carbonyl (C=O) groups is 1. The Morgan fingerprint density at radius 3 is 2.35 bits per heavy atom. The highest BCUT2D eigenvalue weighted by atomic mass is 127. The Morgan fingerprint density at radius 2 is 1.74 bits per heavy atom. The second kappa shape index (κ2) is 11.5. The van der Waals surface area contributed by atoms with E-state index in [0.29, 0.717) is 17.3 Å². The molecule has 0 saturated carbocycles. The van der Waals surface area contributed by atoms with Crippen molar-refractivity contribution in [2.45, 2.75) is 6.61 Å². The highest BCUT2D eigenvalue weighted by molar-refractivity contribution is 14.1. The third-order valence-electron chi connectivity index (χ3n) is 4.08. The molecule has 0 bridgehead atoms. The Labute approximate surface area is 226 Å². The van der Waals surface area contributed by atoms with Crippen molar-refractivity contribution in [1.82, 2.24) is 0 Å². The molecule has 3 aromatic rings. The first-order valence-corrected chi connectivity index (χ1v) is 12.5. The van der Waals surface area contributed by atoms with Gasteiger partial charge in [-0.2, -0.15) is 5.26 Å². The van der Waals surface area contributed by atoms with Gasteiger partial charge < -0.3 is 10.1 Å². The number of hydrogen-bond acceptors (Lipinski definition) is 3. The molecular weight excluding hydrogens is 752 g/mol. The van der Waals surface area contributed by atoms with E-state index in [-0.39, 0.29) is 5.57 Å². The van der Waals surface area contributed by atoms with Gasteiger partial charge in [-0.1, -0.05) is 29.8 Å². The number of carbonyl (C=O) groups excluding carboxylic acids is 1. The summed E-state index contributed by atoms with van der Waals surface area (Å²) in [6.07, 6.45) is 1.58. The minimum Gasteiger partial charge on any atom is -0.487 e. The predicted molar refractivity (Wildman–Crippen MR) is 149 cm³/mol. The van der Waals surface area contributed by atoms with E-state index in [1.807, 2.05) is 60.7 Å². The summed E-state index contributed by atoms with van der Waals surface area (Å²) in [6, 6.07) is 20.7. The van der Waals surface area contributed by atoms with Crippen LogP contribution >= 0.6 is 79.4 Å². The summed E-state index contributed by atoms with van der Waals surface area (Å²) >= 11 is 12.5. The number of ether oxygens (including phenoxy) is 1. The molecule has 0 spiro atoms. The van der Waals surface area contributed by atoms with Gasteiger partial charge >= 0.3 is 0 Å². The molecule has 0 aromatic heterocycles. The molecule has 0 fully saturated rings. The topological polar surface area (TPSA) is 62.1 Å². The number of halogens is 4.